The van der Waals surface area contributed by atoms with E-state index in [1.54, 1.807) is 7.11 Å². The van der Waals surface area contributed by atoms with E-state index < -0.39 is 0 Å². The van der Waals surface area contributed by atoms with Crippen molar-refractivity contribution >= 4 is 0 Å². The van der Waals surface area contributed by atoms with Gasteiger partial charge in [-0.2, -0.15) is 0 Å². The summed E-state index contributed by atoms with van der Waals surface area (Å²) in [6.07, 6.45) is 9.07. The first-order valence-electron chi connectivity index (χ1n) is 6.61. The molecule has 2 heterocycles. The molecule has 0 saturated heterocycles. The summed E-state index contributed by atoms with van der Waals surface area (Å²) >= 11 is 0. The van der Waals surface area contributed by atoms with Crippen molar-refractivity contribution in [2.45, 2.75) is 19.5 Å². The van der Waals surface area contributed by atoms with Gasteiger partial charge in [0.2, 0.25) is 0 Å². The first-order valence-corrected chi connectivity index (χ1v) is 6.61. The molecule has 0 atom stereocenters. The first-order chi connectivity index (χ1) is 9.38. The molecule has 19 heavy (non-hydrogen) atoms. The Morgan fingerprint density at radius 1 is 1.32 bits per heavy atom. The molecule has 0 fully saturated rings. The number of aryl methyl sites for hydroxylation is 2. The highest BCUT2D eigenvalue weighted by atomic mass is 16.5. The van der Waals surface area contributed by atoms with Crippen molar-refractivity contribution in [2.75, 3.05) is 20.3 Å². The second-order valence-corrected chi connectivity index (χ2v) is 4.54. The van der Waals surface area contributed by atoms with Crippen LogP contribution in [0.3, 0.4) is 0 Å². The van der Waals surface area contributed by atoms with E-state index in [1.165, 1.54) is 11.1 Å². The summed E-state index contributed by atoms with van der Waals surface area (Å²) in [5.74, 6) is 0. The molecule has 2 aromatic rings. The fourth-order valence-corrected chi connectivity index (χ4v) is 1.95. The van der Waals surface area contributed by atoms with E-state index in [4.69, 9.17) is 4.74 Å². The molecule has 102 valence electrons. The van der Waals surface area contributed by atoms with Crippen molar-refractivity contribution in [2.24, 2.45) is 0 Å². The molecule has 0 radical (unpaired) electrons. The molecule has 0 aliphatic heterocycles. The summed E-state index contributed by atoms with van der Waals surface area (Å²) in [4.78, 5) is 4.13. The Hall–Kier alpha value is -1.65. The summed E-state index contributed by atoms with van der Waals surface area (Å²) in [5, 5.41) is 3.34. The molecule has 0 aliphatic rings. The Balaban J connectivity index is 1.74. The van der Waals surface area contributed by atoms with Gasteiger partial charge in [0.25, 0.3) is 0 Å². The molecule has 0 unspecified atom stereocenters. The lowest BCUT2D eigenvalue weighted by Gasteiger charge is -2.03. The van der Waals surface area contributed by atoms with Crippen LogP contribution in [0, 0.1) is 0 Å². The van der Waals surface area contributed by atoms with E-state index in [-0.39, 0.29) is 0 Å². The SMILES string of the molecule is COCCNCc1ccn(CCc2cccnc2)c1. The van der Waals surface area contributed by atoms with E-state index in [2.05, 4.69) is 39.4 Å². The number of nitrogens with zero attached hydrogens (tertiary/aromatic N) is 2. The van der Waals surface area contributed by atoms with Gasteiger partial charge < -0.3 is 14.6 Å². The van der Waals surface area contributed by atoms with Crippen molar-refractivity contribution in [1.82, 2.24) is 14.9 Å². The molecule has 0 bridgehead atoms. The van der Waals surface area contributed by atoms with Gasteiger partial charge in [0.1, 0.15) is 0 Å². The highest BCUT2D eigenvalue weighted by Crippen LogP contribution is 2.04. The second-order valence-electron chi connectivity index (χ2n) is 4.54. The van der Waals surface area contributed by atoms with Crippen LogP contribution < -0.4 is 5.32 Å². The number of ether oxygens (including phenoxy) is 1. The van der Waals surface area contributed by atoms with Gasteiger partial charge in [0.15, 0.2) is 0 Å². The van der Waals surface area contributed by atoms with Gasteiger partial charge in [-0.05, 0) is 29.7 Å². The number of rotatable bonds is 8. The average Bonchev–Trinajstić information content (AvgIpc) is 2.91. The number of hydrogen-bond donors (Lipinski definition) is 1. The van der Waals surface area contributed by atoms with Gasteiger partial charge in [0, 0.05) is 51.5 Å². The summed E-state index contributed by atoms with van der Waals surface area (Å²) in [6, 6.07) is 6.25. The van der Waals surface area contributed by atoms with Crippen molar-refractivity contribution in [3.63, 3.8) is 0 Å². The minimum atomic E-state index is 0.752. The zero-order valence-electron chi connectivity index (χ0n) is 11.4. The lowest BCUT2D eigenvalue weighted by atomic mass is 10.2. The van der Waals surface area contributed by atoms with Crippen LogP contribution in [-0.4, -0.2) is 29.8 Å². The van der Waals surface area contributed by atoms with Crippen LogP contribution in [0.25, 0.3) is 0 Å². The fraction of sp³-hybridized carbons (Fsp3) is 0.400. The van der Waals surface area contributed by atoms with Crippen LogP contribution >= 0.6 is 0 Å². The minimum Gasteiger partial charge on any atom is -0.383 e. The van der Waals surface area contributed by atoms with Crippen molar-refractivity contribution in [3.05, 3.63) is 54.1 Å². The first kappa shape index (κ1) is 13.8. The van der Waals surface area contributed by atoms with E-state index in [0.29, 0.717) is 0 Å². The summed E-state index contributed by atoms with van der Waals surface area (Å²) in [6.45, 7) is 3.52. The minimum absolute atomic E-state index is 0.752. The van der Waals surface area contributed by atoms with Crippen LogP contribution in [0.15, 0.2) is 43.0 Å². The standard InChI is InChI=1S/C15H21N3O/c1-19-10-7-17-12-15-5-9-18(13-15)8-4-14-3-2-6-16-11-14/h2-3,5-6,9,11,13,17H,4,7-8,10,12H2,1H3. The lowest BCUT2D eigenvalue weighted by Crippen LogP contribution is -2.18. The van der Waals surface area contributed by atoms with Crippen LogP contribution in [-0.2, 0) is 24.2 Å². The highest BCUT2D eigenvalue weighted by Gasteiger charge is 1.98. The predicted molar refractivity (Wildman–Crippen MR) is 76.0 cm³/mol. The Kier molecular flexibility index (Phi) is 5.59. The molecule has 0 aromatic carbocycles. The van der Waals surface area contributed by atoms with Gasteiger partial charge in [-0.25, -0.2) is 0 Å². The highest BCUT2D eigenvalue weighted by molar-refractivity contribution is 5.12. The monoisotopic (exact) mass is 259 g/mol. The molecule has 0 aliphatic carbocycles. The maximum Gasteiger partial charge on any atom is 0.0587 e. The van der Waals surface area contributed by atoms with Crippen LogP contribution in [0.2, 0.25) is 0 Å². The third-order valence-electron chi connectivity index (χ3n) is 3.01. The molecule has 0 saturated carbocycles. The van der Waals surface area contributed by atoms with Crippen molar-refractivity contribution in [3.8, 4) is 0 Å². The Morgan fingerprint density at radius 2 is 2.26 bits per heavy atom. The topological polar surface area (TPSA) is 39.1 Å². The zero-order valence-corrected chi connectivity index (χ0v) is 11.4. The third-order valence-corrected chi connectivity index (χ3v) is 3.01. The van der Waals surface area contributed by atoms with E-state index in [0.717, 1.165) is 32.7 Å². The number of pyridine rings is 1. The van der Waals surface area contributed by atoms with Gasteiger partial charge >= 0.3 is 0 Å². The van der Waals surface area contributed by atoms with Gasteiger partial charge in [-0.15, -0.1) is 0 Å². The lowest BCUT2D eigenvalue weighted by molar-refractivity contribution is 0.199. The number of hydrogen-bond acceptors (Lipinski definition) is 3. The average molecular weight is 259 g/mol. The zero-order chi connectivity index (χ0) is 13.3. The molecule has 0 spiro atoms. The van der Waals surface area contributed by atoms with E-state index in [1.807, 2.05) is 18.5 Å². The fourth-order valence-electron chi connectivity index (χ4n) is 1.95. The summed E-state index contributed by atoms with van der Waals surface area (Å²) in [7, 11) is 1.72. The number of aromatic nitrogens is 2. The van der Waals surface area contributed by atoms with E-state index >= 15 is 0 Å². The maximum absolute atomic E-state index is 5.00. The van der Waals surface area contributed by atoms with Gasteiger partial charge in [-0.3, -0.25) is 4.98 Å². The van der Waals surface area contributed by atoms with Gasteiger partial charge in [0.05, 0.1) is 6.61 Å². The molecule has 1 N–H and O–H groups in total. The van der Waals surface area contributed by atoms with E-state index in [9.17, 15) is 0 Å². The Labute approximate surface area is 114 Å². The maximum atomic E-state index is 5.00. The Morgan fingerprint density at radius 3 is 3.05 bits per heavy atom. The molecule has 4 heteroatoms. The second kappa shape index (κ2) is 7.71. The van der Waals surface area contributed by atoms with Crippen molar-refractivity contribution in [1.29, 1.82) is 0 Å². The molecular weight excluding hydrogens is 238 g/mol. The largest absolute Gasteiger partial charge is 0.383 e. The normalized spacial score (nSPS) is 10.8. The molecule has 2 rings (SSSR count). The predicted octanol–water partition coefficient (Wildman–Crippen LogP) is 1.86. The smallest absolute Gasteiger partial charge is 0.0587 e. The third kappa shape index (κ3) is 4.85. The molecule has 0 amide bonds. The van der Waals surface area contributed by atoms with Crippen LogP contribution in [0.4, 0.5) is 0 Å². The Bertz CT molecular complexity index is 467. The molecular formula is C15H21N3O. The quantitative estimate of drug-likeness (QED) is 0.736. The molecule has 4 nitrogen and oxygen atoms in total. The number of methoxy groups -OCH3 is 1. The summed E-state index contributed by atoms with van der Waals surface area (Å²) < 4.78 is 7.22. The van der Waals surface area contributed by atoms with Crippen LogP contribution in [0.5, 0.6) is 0 Å². The van der Waals surface area contributed by atoms with Crippen LogP contribution in [0.1, 0.15) is 11.1 Å². The molecule has 2 aromatic heterocycles. The summed E-state index contributed by atoms with van der Waals surface area (Å²) in [5.41, 5.74) is 2.58. The number of nitrogens with one attached hydrogen (secondary N) is 1. The van der Waals surface area contributed by atoms with Gasteiger partial charge in [-0.1, -0.05) is 6.07 Å². The van der Waals surface area contributed by atoms with Crippen molar-refractivity contribution < 1.29 is 4.74 Å².